The lowest BCUT2D eigenvalue weighted by molar-refractivity contribution is 0.629. The number of nitrogens with zero attached hydrogens (tertiary/aromatic N) is 2. The first kappa shape index (κ1) is 13.2. The topological polar surface area (TPSA) is 51.8 Å². The number of nitrogens with two attached hydrogens (primary N) is 1. The average molecular weight is 364 g/mol. The summed E-state index contributed by atoms with van der Waals surface area (Å²) in [5.74, 6) is 0.453. The summed E-state index contributed by atoms with van der Waals surface area (Å²) < 4.78 is 14.8. The molecule has 3 aromatic rings. The van der Waals surface area contributed by atoms with Crippen LogP contribution in [0.2, 0.25) is 0 Å². The van der Waals surface area contributed by atoms with Gasteiger partial charge in [-0.2, -0.15) is 0 Å². The number of hydrogen-bond acceptors (Lipinski definition) is 4. The van der Waals surface area contributed by atoms with Crippen LogP contribution in [0.1, 0.15) is 16.9 Å². The van der Waals surface area contributed by atoms with E-state index in [9.17, 15) is 4.39 Å². The van der Waals surface area contributed by atoms with Gasteiger partial charge in [0.15, 0.2) is 5.82 Å². The van der Waals surface area contributed by atoms with Crippen LogP contribution >= 0.6 is 27.3 Å². The number of thiophene rings is 1. The van der Waals surface area contributed by atoms with Gasteiger partial charge in [0.25, 0.3) is 0 Å². The van der Waals surface area contributed by atoms with Gasteiger partial charge in [-0.05, 0) is 43.0 Å². The van der Waals surface area contributed by atoms with Gasteiger partial charge in [-0.25, -0.2) is 14.4 Å². The standard InChI is InChI=1S/C15H11BrFN3S/c16-7-4-5-8(10(17)6-7)14-19-13(18)12-9-2-1-3-11(9)21-15(12)20-14/h4-6H,1-3H2,(H2,18,19,20). The van der Waals surface area contributed by atoms with E-state index in [1.54, 1.807) is 23.5 Å². The van der Waals surface area contributed by atoms with Crippen LogP contribution in [0.15, 0.2) is 22.7 Å². The number of aromatic nitrogens is 2. The molecule has 3 nitrogen and oxygen atoms in total. The molecule has 2 N–H and O–H groups in total. The van der Waals surface area contributed by atoms with Gasteiger partial charge < -0.3 is 5.73 Å². The zero-order valence-corrected chi connectivity index (χ0v) is 13.4. The fourth-order valence-corrected chi connectivity index (χ4v) is 4.42. The summed E-state index contributed by atoms with van der Waals surface area (Å²) in [7, 11) is 0. The molecular weight excluding hydrogens is 353 g/mol. The number of hydrogen-bond donors (Lipinski definition) is 1. The van der Waals surface area contributed by atoms with E-state index in [-0.39, 0.29) is 5.82 Å². The van der Waals surface area contributed by atoms with E-state index in [2.05, 4.69) is 25.9 Å². The van der Waals surface area contributed by atoms with Crippen LogP contribution in [0.3, 0.4) is 0 Å². The third-order valence-electron chi connectivity index (χ3n) is 3.76. The molecule has 1 aliphatic rings. The molecular formula is C15H11BrFN3S. The number of nitrogen functional groups attached to an aromatic ring is 1. The molecule has 6 heteroatoms. The number of halogens is 2. The van der Waals surface area contributed by atoms with Crippen LogP contribution < -0.4 is 5.73 Å². The molecule has 4 rings (SSSR count). The Morgan fingerprint density at radius 3 is 2.90 bits per heavy atom. The first-order valence-electron chi connectivity index (χ1n) is 6.66. The molecule has 0 saturated heterocycles. The van der Waals surface area contributed by atoms with Crippen molar-refractivity contribution in [3.8, 4) is 11.4 Å². The minimum Gasteiger partial charge on any atom is -0.383 e. The molecule has 1 aliphatic carbocycles. The molecule has 0 aliphatic heterocycles. The molecule has 2 aromatic heterocycles. The maximum Gasteiger partial charge on any atom is 0.166 e. The highest BCUT2D eigenvalue weighted by Gasteiger charge is 2.22. The summed E-state index contributed by atoms with van der Waals surface area (Å²) in [5, 5.41) is 0.966. The van der Waals surface area contributed by atoms with Crippen molar-refractivity contribution >= 4 is 43.3 Å². The number of rotatable bonds is 1. The molecule has 0 spiro atoms. The van der Waals surface area contributed by atoms with Crippen molar-refractivity contribution in [3.05, 3.63) is 38.9 Å². The summed E-state index contributed by atoms with van der Waals surface area (Å²) in [4.78, 5) is 11.1. The zero-order chi connectivity index (χ0) is 14.6. The van der Waals surface area contributed by atoms with E-state index in [0.29, 0.717) is 21.7 Å². The lowest BCUT2D eigenvalue weighted by Crippen LogP contribution is -1.98. The maximum atomic E-state index is 14.1. The average Bonchev–Trinajstić information content (AvgIpc) is 2.98. The molecule has 0 bridgehead atoms. The molecule has 0 amide bonds. The van der Waals surface area contributed by atoms with Crippen LogP contribution in [0.25, 0.3) is 21.6 Å². The Bertz CT molecular complexity index is 875. The first-order valence-corrected chi connectivity index (χ1v) is 8.27. The van der Waals surface area contributed by atoms with Gasteiger partial charge in [0, 0.05) is 9.35 Å². The van der Waals surface area contributed by atoms with Gasteiger partial charge in [0.2, 0.25) is 0 Å². The van der Waals surface area contributed by atoms with E-state index < -0.39 is 0 Å². The highest BCUT2D eigenvalue weighted by molar-refractivity contribution is 9.10. The number of benzene rings is 1. The second kappa shape index (κ2) is 4.74. The van der Waals surface area contributed by atoms with Crippen molar-refractivity contribution in [2.75, 3.05) is 5.73 Å². The van der Waals surface area contributed by atoms with Gasteiger partial charge in [0.05, 0.1) is 10.9 Å². The summed E-state index contributed by atoms with van der Waals surface area (Å²) >= 11 is 4.91. The Balaban J connectivity index is 1.95. The molecule has 0 radical (unpaired) electrons. The second-order valence-electron chi connectivity index (χ2n) is 5.09. The Kier molecular flexibility index (Phi) is 2.97. The van der Waals surface area contributed by atoms with E-state index >= 15 is 0 Å². The van der Waals surface area contributed by atoms with Gasteiger partial charge in [-0.15, -0.1) is 11.3 Å². The summed E-state index contributed by atoms with van der Waals surface area (Å²) in [6, 6.07) is 4.85. The van der Waals surface area contributed by atoms with Crippen molar-refractivity contribution in [1.82, 2.24) is 9.97 Å². The zero-order valence-electron chi connectivity index (χ0n) is 11.0. The Hall–Kier alpha value is -1.53. The normalized spacial score (nSPS) is 13.8. The summed E-state index contributed by atoms with van der Waals surface area (Å²) in [6.45, 7) is 0. The summed E-state index contributed by atoms with van der Waals surface area (Å²) in [5.41, 5.74) is 7.78. The van der Waals surface area contributed by atoms with Crippen LogP contribution in [0, 0.1) is 5.82 Å². The van der Waals surface area contributed by atoms with E-state index in [1.807, 2.05) is 0 Å². The molecule has 21 heavy (non-hydrogen) atoms. The Labute approximate surface area is 133 Å². The molecule has 0 atom stereocenters. The predicted octanol–water partition coefficient (Wildman–Crippen LogP) is 4.33. The summed E-state index contributed by atoms with van der Waals surface area (Å²) in [6.07, 6.45) is 3.28. The van der Waals surface area contributed by atoms with Gasteiger partial charge in [-0.3, -0.25) is 0 Å². The number of anilines is 1. The van der Waals surface area contributed by atoms with Gasteiger partial charge in [-0.1, -0.05) is 15.9 Å². The fourth-order valence-electron chi connectivity index (χ4n) is 2.82. The van der Waals surface area contributed by atoms with Crippen LogP contribution in [0.5, 0.6) is 0 Å². The van der Waals surface area contributed by atoms with Crippen molar-refractivity contribution in [2.45, 2.75) is 19.3 Å². The van der Waals surface area contributed by atoms with E-state index in [1.165, 1.54) is 22.9 Å². The predicted molar refractivity (Wildman–Crippen MR) is 86.9 cm³/mol. The minimum atomic E-state index is -0.354. The van der Waals surface area contributed by atoms with Crippen LogP contribution in [-0.4, -0.2) is 9.97 Å². The van der Waals surface area contributed by atoms with Crippen molar-refractivity contribution in [3.63, 3.8) is 0 Å². The fraction of sp³-hybridized carbons (Fsp3) is 0.200. The molecule has 0 fully saturated rings. The highest BCUT2D eigenvalue weighted by Crippen LogP contribution is 2.39. The SMILES string of the molecule is Nc1nc(-c2ccc(Br)cc2F)nc2sc3c(c12)CCC3. The third kappa shape index (κ3) is 2.05. The second-order valence-corrected chi connectivity index (χ2v) is 7.09. The van der Waals surface area contributed by atoms with Gasteiger partial charge in [0.1, 0.15) is 16.5 Å². The van der Waals surface area contributed by atoms with E-state index in [0.717, 1.165) is 23.1 Å². The number of aryl methyl sites for hydroxylation is 2. The quantitative estimate of drug-likeness (QED) is 0.699. The first-order chi connectivity index (χ1) is 10.1. The monoisotopic (exact) mass is 363 g/mol. The lowest BCUT2D eigenvalue weighted by atomic mass is 10.1. The smallest absolute Gasteiger partial charge is 0.166 e. The Morgan fingerprint density at radius 1 is 1.24 bits per heavy atom. The minimum absolute atomic E-state index is 0.352. The highest BCUT2D eigenvalue weighted by atomic mass is 79.9. The maximum absolute atomic E-state index is 14.1. The molecule has 2 heterocycles. The van der Waals surface area contributed by atoms with Crippen molar-refractivity contribution in [2.24, 2.45) is 0 Å². The molecule has 0 saturated carbocycles. The molecule has 106 valence electrons. The van der Waals surface area contributed by atoms with Crippen LogP contribution in [-0.2, 0) is 12.8 Å². The van der Waals surface area contributed by atoms with Gasteiger partial charge >= 0.3 is 0 Å². The number of fused-ring (bicyclic) bond motifs is 3. The Morgan fingerprint density at radius 2 is 2.10 bits per heavy atom. The van der Waals surface area contributed by atoms with Crippen molar-refractivity contribution < 1.29 is 4.39 Å². The van der Waals surface area contributed by atoms with E-state index in [4.69, 9.17) is 5.73 Å². The molecule has 1 aromatic carbocycles. The van der Waals surface area contributed by atoms with Crippen molar-refractivity contribution in [1.29, 1.82) is 0 Å². The lowest BCUT2D eigenvalue weighted by Gasteiger charge is -2.05. The molecule has 0 unspecified atom stereocenters. The third-order valence-corrected chi connectivity index (χ3v) is 5.44. The largest absolute Gasteiger partial charge is 0.383 e. The van der Waals surface area contributed by atoms with Crippen LogP contribution in [0.4, 0.5) is 10.2 Å².